The zero-order chi connectivity index (χ0) is 20.9. The van der Waals surface area contributed by atoms with Gasteiger partial charge >= 0.3 is 0 Å². The van der Waals surface area contributed by atoms with Gasteiger partial charge in [-0.3, -0.25) is 14.5 Å². The summed E-state index contributed by atoms with van der Waals surface area (Å²) in [6.07, 6.45) is 0.827. The number of allylic oxidation sites excluding steroid dienone is 2. The Morgan fingerprint density at radius 2 is 1.72 bits per heavy atom. The molecule has 2 aromatic carbocycles. The van der Waals surface area contributed by atoms with E-state index in [1.165, 1.54) is 11.0 Å². The van der Waals surface area contributed by atoms with Crippen LogP contribution < -0.4 is 4.90 Å². The van der Waals surface area contributed by atoms with Crippen LogP contribution in [0.3, 0.4) is 0 Å². The van der Waals surface area contributed by atoms with E-state index in [9.17, 15) is 18.4 Å². The summed E-state index contributed by atoms with van der Waals surface area (Å²) in [6, 6.07) is 10.2. The van der Waals surface area contributed by atoms with E-state index in [4.69, 9.17) is 11.6 Å². The van der Waals surface area contributed by atoms with E-state index in [1.54, 1.807) is 12.1 Å². The van der Waals surface area contributed by atoms with Crippen LogP contribution in [0.2, 0.25) is 5.02 Å². The molecule has 1 amide bonds. The van der Waals surface area contributed by atoms with E-state index in [0.29, 0.717) is 29.1 Å². The van der Waals surface area contributed by atoms with Crippen molar-refractivity contribution in [1.82, 2.24) is 0 Å². The third kappa shape index (κ3) is 3.60. The lowest BCUT2D eigenvalue weighted by Crippen LogP contribution is -2.44. The Morgan fingerprint density at radius 1 is 1.03 bits per heavy atom. The summed E-state index contributed by atoms with van der Waals surface area (Å²) < 4.78 is 28.0. The molecule has 1 aliphatic heterocycles. The van der Waals surface area contributed by atoms with Gasteiger partial charge in [0.25, 0.3) is 0 Å². The van der Waals surface area contributed by atoms with Crippen LogP contribution in [0.15, 0.2) is 53.7 Å². The van der Waals surface area contributed by atoms with Gasteiger partial charge in [0.05, 0.1) is 5.69 Å². The lowest BCUT2D eigenvalue weighted by Gasteiger charge is -2.43. The second-order valence-electron chi connectivity index (χ2n) is 8.43. The number of anilines is 1. The Morgan fingerprint density at radius 3 is 2.38 bits per heavy atom. The SMILES string of the molecule is CC1(C)CC(=O)C2=C(C1)N(c1ccc(F)cc1F)C(=O)C[C@H]2c1ccc(Cl)cc1. The monoisotopic (exact) mass is 415 g/mol. The van der Waals surface area contributed by atoms with Crippen LogP contribution in [0, 0.1) is 17.0 Å². The molecule has 3 nitrogen and oxygen atoms in total. The lowest BCUT2D eigenvalue weighted by atomic mass is 9.69. The highest BCUT2D eigenvalue weighted by Gasteiger charge is 2.44. The topological polar surface area (TPSA) is 37.4 Å². The average molecular weight is 416 g/mol. The second-order valence-corrected chi connectivity index (χ2v) is 8.87. The number of hydrogen-bond acceptors (Lipinski definition) is 2. The van der Waals surface area contributed by atoms with Gasteiger partial charge in [-0.1, -0.05) is 37.6 Å². The molecule has 0 aromatic heterocycles. The molecular formula is C23H20ClF2NO2. The van der Waals surface area contributed by atoms with E-state index in [1.807, 2.05) is 26.0 Å². The lowest BCUT2D eigenvalue weighted by molar-refractivity contribution is -0.121. The molecule has 4 rings (SSSR count). The zero-order valence-corrected chi connectivity index (χ0v) is 16.9. The number of carbonyl (C=O) groups excluding carboxylic acids is 2. The van der Waals surface area contributed by atoms with Gasteiger partial charge in [-0.2, -0.15) is 0 Å². The number of amides is 1. The highest BCUT2D eigenvalue weighted by atomic mass is 35.5. The van der Waals surface area contributed by atoms with Gasteiger partial charge in [0.15, 0.2) is 5.78 Å². The number of rotatable bonds is 2. The Hall–Kier alpha value is -2.53. The summed E-state index contributed by atoms with van der Waals surface area (Å²) >= 11 is 5.99. The number of hydrogen-bond donors (Lipinski definition) is 0. The Bertz CT molecular complexity index is 1040. The maximum absolute atomic E-state index is 14.6. The van der Waals surface area contributed by atoms with E-state index < -0.39 is 17.6 Å². The van der Waals surface area contributed by atoms with E-state index >= 15 is 0 Å². The fourth-order valence-electron chi connectivity index (χ4n) is 4.34. The van der Waals surface area contributed by atoms with Crippen LogP contribution in [-0.2, 0) is 9.59 Å². The molecule has 0 N–H and O–H groups in total. The Kier molecular flexibility index (Phi) is 4.82. The van der Waals surface area contributed by atoms with Crippen molar-refractivity contribution in [2.75, 3.05) is 4.90 Å². The van der Waals surface area contributed by atoms with Gasteiger partial charge in [-0.05, 0) is 41.7 Å². The second kappa shape index (κ2) is 7.06. The van der Waals surface area contributed by atoms with Gasteiger partial charge in [0.2, 0.25) is 5.91 Å². The fourth-order valence-corrected chi connectivity index (χ4v) is 4.46. The minimum Gasteiger partial charge on any atom is -0.294 e. The molecule has 29 heavy (non-hydrogen) atoms. The van der Waals surface area contributed by atoms with Crippen molar-refractivity contribution in [2.45, 2.75) is 39.0 Å². The van der Waals surface area contributed by atoms with Crippen molar-refractivity contribution in [1.29, 1.82) is 0 Å². The highest BCUT2D eigenvalue weighted by molar-refractivity contribution is 6.30. The summed E-state index contributed by atoms with van der Waals surface area (Å²) in [7, 11) is 0. The number of halogens is 3. The number of benzene rings is 2. The molecule has 1 atom stereocenters. The first-order valence-corrected chi connectivity index (χ1v) is 9.84. The molecule has 2 aromatic rings. The molecule has 0 saturated carbocycles. The number of ketones is 1. The highest BCUT2D eigenvalue weighted by Crippen LogP contribution is 2.48. The van der Waals surface area contributed by atoms with Crippen LogP contribution in [0.1, 0.15) is 44.6 Å². The maximum Gasteiger partial charge on any atom is 0.232 e. The van der Waals surface area contributed by atoms with E-state index in [-0.39, 0.29) is 29.2 Å². The van der Waals surface area contributed by atoms with Gasteiger partial charge in [-0.25, -0.2) is 8.78 Å². The molecular weight excluding hydrogens is 396 g/mol. The van der Waals surface area contributed by atoms with Crippen LogP contribution >= 0.6 is 11.6 Å². The standard InChI is InChI=1S/C23H20ClF2NO2/c1-23(2)11-19-22(20(28)12-23)16(13-3-5-14(24)6-4-13)10-21(29)27(19)18-8-7-15(25)9-17(18)26/h3-9,16H,10-12H2,1-2H3/t16-/m0/s1. The van der Waals surface area contributed by atoms with Gasteiger partial charge in [0, 0.05) is 41.1 Å². The summed E-state index contributed by atoms with van der Waals surface area (Å²) in [5.41, 5.74) is 1.47. The largest absolute Gasteiger partial charge is 0.294 e. The smallest absolute Gasteiger partial charge is 0.232 e. The molecule has 1 heterocycles. The first-order chi connectivity index (χ1) is 13.7. The number of nitrogens with zero attached hydrogens (tertiary/aromatic N) is 1. The van der Waals surface area contributed by atoms with Gasteiger partial charge in [0.1, 0.15) is 11.6 Å². The summed E-state index contributed by atoms with van der Waals surface area (Å²) in [4.78, 5) is 27.6. The molecule has 0 fully saturated rings. The molecule has 150 valence electrons. The molecule has 0 bridgehead atoms. The molecule has 6 heteroatoms. The first kappa shape index (κ1) is 19.8. The van der Waals surface area contributed by atoms with Crippen molar-refractivity contribution in [2.24, 2.45) is 5.41 Å². The predicted molar refractivity (Wildman–Crippen MR) is 108 cm³/mol. The van der Waals surface area contributed by atoms with Crippen LogP contribution in [-0.4, -0.2) is 11.7 Å². The normalized spacial score (nSPS) is 21.4. The summed E-state index contributed by atoms with van der Waals surface area (Å²) in [5, 5.41) is 0.566. The third-order valence-corrected chi connectivity index (χ3v) is 5.82. The molecule has 0 spiro atoms. The third-order valence-electron chi connectivity index (χ3n) is 5.57. The molecule has 0 radical (unpaired) electrons. The predicted octanol–water partition coefficient (Wildman–Crippen LogP) is 5.78. The first-order valence-electron chi connectivity index (χ1n) is 9.46. The van der Waals surface area contributed by atoms with Crippen molar-refractivity contribution < 1.29 is 18.4 Å². The van der Waals surface area contributed by atoms with E-state index in [2.05, 4.69) is 0 Å². The summed E-state index contributed by atoms with van der Waals surface area (Å²) in [6.45, 7) is 3.90. The van der Waals surface area contributed by atoms with Crippen LogP contribution in [0.4, 0.5) is 14.5 Å². The quantitative estimate of drug-likeness (QED) is 0.623. The minimum absolute atomic E-state index is 0.0241. The van der Waals surface area contributed by atoms with Gasteiger partial charge in [-0.15, -0.1) is 0 Å². The van der Waals surface area contributed by atoms with Crippen molar-refractivity contribution in [3.8, 4) is 0 Å². The maximum atomic E-state index is 14.6. The Balaban J connectivity index is 1.91. The van der Waals surface area contributed by atoms with E-state index in [0.717, 1.165) is 17.7 Å². The number of carbonyl (C=O) groups is 2. The van der Waals surface area contributed by atoms with Crippen molar-refractivity contribution >= 4 is 29.0 Å². The van der Waals surface area contributed by atoms with Crippen LogP contribution in [0.5, 0.6) is 0 Å². The van der Waals surface area contributed by atoms with Crippen molar-refractivity contribution in [3.63, 3.8) is 0 Å². The van der Waals surface area contributed by atoms with Gasteiger partial charge < -0.3 is 0 Å². The molecule has 0 saturated heterocycles. The van der Waals surface area contributed by atoms with Crippen molar-refractivity contribution in [3.05, 3.63) is 76.0 Å². The average Bonchev–Trinajstić information content (AvgIpc) is 2.62. The number of Topliss-reactive ketones (excluding diaryl/α,β-unsaturated/α-hetero) is 1. The fraction of sp³-hybridized carbons (Fsp3) is 0.304. The molecule has 1 aliphatic carbocycles. The summed E-state index contributed by atoms with van der Waals surface area (Å²) in [5.74, 6) is -2.32. The Labute approximate surface area is 173 Å². The molecule has 2 aliphatic rings. The molecule has 0 unspecified atom stereocenters. The minimum atomic E-state index is -0.828. The zero-order valence-electron chi connectivity index (χ0n) is 16.1. The van der Waals surface area contributed by atoms with Crippen LogP contribution in [0.25, 0.3) is 0 Å².